The maximum absolute atomic E-state index is 12.1. The molecule has 1 aromatic heterocycles. The maximum atomic E-state index is 12.1. The number of nitrogens with zero attached hydrogens (tertiary/aromatic N) is 1. The summed E-state index contributed by atoms with van der Waals surface area (Å²) in [5.41, 5.74) is 2.61. The molecule has 1 N–H and O–H groups in total. The average molecular weight is 411 g/mol. The number of ether oxygens (including phenoxy) is 1. The third-order valence-corrected chi connectivity index (χ3v) is 5.91. The molecule has 5 heteroatoms. The Bertz CT molecular complexity index is 955. The first-order valence-corrected chi connectivity index (χ1v) is 11.1. The zero-order valence-electron chi connectivity index (χ0n) is 17.7. The number of aromatic nitrogens is 1. The summed E-state index contributed by atoms with van der Waals surface area (Å²) in [7, 11) is 0. The van der Waals surface area contributed by atoms with E-state index in [0.717, 1.165) is 18.0 Å². The van der Waals surface area contributed by atoms with E-state index >= 15 is 0 Å². The number of hydrogen-bond acceptors (Lipinski definition) is 3. The van der Waals surface area contributed by atoms with Crippen LogP contribution in [0.2, 0.25) is 0 Å². The number of benzene rings is 2. The Kier molecular flexibility index (Phi) is 6.91. The Hall–Kier alpha value is -2.40. The van der Waals surface area contributed by atoms with E-state index in [1.54, 1.807) is 11.8 Å². The van der Waals surface area contributed by atoms with Gasteiger partial charge in [0.1, 0.15) is 5.75 Å². The Labute approximate surface area is 177 Å². The lowest BCUT2D eigenvalue weighted by atomic mass is 9.87. The monoisotopic (exact) mass is 410 g/mol. The van der Waals surface area contributed by atoms with E-state index in [-0.39, 0.29) is 17.9 Å². The number of rotatable bonds is 8. The molecule has 1 amide bonds. The summed E-state index contributed by atoms with van der Waals surface area (Å²) in [4.78, 5) is 13.3. The Morgan fingerprint density at radius 2 is 1.83 bits per heavy atom. The fourth-order valence-corrected chi connectivity index (χ4v) is 4.15. The topological polar surface area (TPSA) is 43.3 Å². The van der Waals surface area contributed by atoms with Crippen molar-refractivity contribution < 1.29 is 9.53 Å². The molecule has 0 bridgehead atoms. The third kappa shape index (κ3) is 5.57. The van der Waals surface area contributed by atoms with Crippen molar-refractivity contribution in [1.82, 2.24) is 9.88 Å². The van der Waals surface area contributed by atoms with E-state index < -0.39 is 0 Å². The van der Waals surface area contributed by atoms with Crippen molar-refractivity contribution in [1.29, 1.82) is 0 Å². The molecule has 1 heterocycles. The maximum Gasteiger partial charge on any atom is 0.257 e. The number of thioether (sulfide) groups is 1. The molecule has 3 aromatic rings. The molecule has 0 aliphatic rings. The average Bonchev–Trinajstić information content (AvgIpc) is 3.07. The molecule has 29 heavy (non-hydrogen) atoms. The second-order valence-electron chi connectivity index (χ2n) is 8.06. The van der Waals surface area contributed by atoms with Crippen LogP contribution in [0.3, 0.4) is 0 Å². The number of para-hydroxylation sites is 1. The van der Waals surface area contributed by atoms with E-state index in [9.17, 15) is 4.79 Å². The highest BCUT2D eigenvalue weighted by Crippen LogP contribution is 2.29. The molecule has 2 aromatic carbocycles. The zero-order chi connectivity index (χ0) is 20.9. The first-order chi connectivity index (χ1) is 13.9. The molecule has 4 nitrogen and oxygen atoms in total. The molecule has 0 aliphatic heterocycles. The number of hydrogen-bond donors (Lipinski definition) is 1. The number of nitrogens with one attached hydrogen (secondary N) is 1. The van der Waals surface area contributed by atoms with Gasteiger partial charge in [-0.15, -0.1) is 11.8 Å². The smallest absolute Gasteiger partial charge is 0.257 e. The summed E-state index contributed by atoms with van der Waals surface area (Å²) in [5, 5.41) is 4.21. The van der Waals surface area contributed by atoms with Crippen LogP contribution in [-0.2, 0) is 16.8 Å². The number of carbonyl (C=O) groups is 1. The van der Waals surface area contributed by atoms with Gasteiger partial charge in [0.15, 0.2) is 6.61 Å². The van der Waals surface area contributed by atoms with Gasteiger partial charge in [-0.3, -0.25) is 4.79 Å². The van der Waals surface area contributed by atoms with Crippen LogP contribution in [-0.4, -0.2) is 29.4 Å². The second kappa shape index (κ2) is 9.40. The fourth-order valence-electron chi connectivity index (χ4n) is 3.19. The van der Waals surface area contributed by atoms with Crippen molar-refractivity contribution >= 4 is 28.6 Å². The standard InChI is InChI=1S/C24H30N2O2S/c1-5-26-16-22(20-8-6-7-9-21(20)26)29-15-14-25-23(27)17-28-19-12-10-18(11-13-19)24(2,3)4/h6-13,16H,5,14-15,17H2,1-4H3,(H,25,27). The predicted molar refractivity (Wildman–Crippen MR) is 122 cm³/mol. The first-order valence-electron chi connectivity index (χ1n) is 10.1. The van der Waals surface area contributed by atoms with Gasteiger partial charge in [0, 0.05) is 40.8 Å². The van der Waals surface area contributed by atoms with Gasteiger partial charge in [-0.2, -0.15) is 0 Å². The molecule has 0 saturated heterocycles. The van der Waals surface area contributed by atoms with E-state index in [1.165, 1.54) is 21.4 Å². The van der Waals surface area contributed by atoms with Crippen molar-refractivity contribution in [2.45, 2.75) is 44.6 Å². The Balaban J connectivity index is 1.43. The minimum absolute atomic E-state index is 0.0364. The molecule has 0 radical (unpaired) electrons. The molecule has 0 aliphatic carbocycles. The molecule has 0 fully saturated rings. The minimum Gasteiger partial charge on any atom is -0.484 e. The van der Waals surface area contributed by atoms with Crippen molar-refractivity contribution in [2.24, 2.45) is 0 Å². The molecular weight excluding hydrogens is 380 g/mol. The van der Waals surface area contributed by atoms with Gasteiger partial charge in [-0.1, -0.05) is 51.1 Å². The van der Waals surface area contributed by atoms with Crippen molar-refractivity contribution in [2.75, 3.05) is 18.9 Å². The molecule has 3 rings (SSSR count). The highest BCUT2D eigenvalue weighted by molar-refractivity contribution is 7.99. The van der Waals surface area contributed by atoms with Gasteiger partial charge in [0.25, 0.3) is 5.91 Å². The van der Waals surface area contributed by atoms with E-state index in [1.807, 2.05) is 12.1 Å². The summed E-state index contributed by atoms with van der Waals surface area (Å²) in [5.74, 6) is 1.44. The van der Waals surface area contributed by atoms with Crippen LogP contribution < -0.4 is 10.1 Å². The van der Waals surface area contributed by atoms with Gasteiger partial charge in [0.2, 0.25) is 0 Å². The largest absolute Gasteiger partial charge is 0.484 e. The van der Waals surface area contributed by atoms with Gasteiger partial charge in [0.05, 0.1) is 0 Å². The summed E-state index contributed by atoms with van der Waals surface area (Å²) >= 11 is 1.77. The minimum atomic E-state index is -0.0958. The van der Waals surface area contributed by atoms with Crippen LogP contribution in [0, 0.1) is 0 Å². The zero-order valence-corrected chi connectivity index (χ0v) is 18.5. The first kappa shape index (κ1) is 21.3. The Morgan fingerprint density at radius 1 is 1.10 bits per heavy atom. The molecule has 0 spiro atoms. The van der Waals surface area contributed by atoms with Gasteiger partial charge in [-0.25, -0.2) is 0 Å². The number of fused-ring (bicyclic) bond motifs is 1. The molecule has 154 valence electrons. The molecular formula is C24H30N2O2S. The van der Waals surface area contributed by atoms with Crippen LogP contribution in [0.1, 0.15) is 33.3 Å². The number of carbonyl (C=O) groups excluding carboxylic acids is 1. The number of aryl methyl sites for hydroxylation is 1. The predicted octanol–water partition coefficient (Wildman–Crippen LogP) is 5.25. The lowest BCUT2D eigenvalue weighted by molar-refractivity contribution is -0.122. The van der Waals surface area contributed by atoms with E-state index in [2.05, 4.69) is 80.2 Å². The van der Waals surface area contributed by atoms with Crippen molar-refractivity contribution in [3.63, 3.8) is 0 Å². The van der Waals surface area contributed by atoms with Crippen LogP contribution in [0.25, 0.3) is 10.9 Å². The van der Waals surface area contributed by atoms with Gasteiger partial charge in [-0.05, 0) is 36.1 Å². The van der Waals surface area contributed by atoms with Crippen LogP contribution >= 0.6 is 11.8 Å². The summed E-state index contributed by atoms with van der Waals surface area (Å²) < 4.78 is 7.86. The highest BCUT2D eigenvalue weighted by atomic mass is 32.2. The second-order valence-corrected chi connectivity index (χ2v) is 9.19. The SMILES string of the molecule is CCn1cc(SCCNC(=O)COc2ccc(C(C)(C)C)cc2)c2ccccc21. The number of amides is 1. The van der Waals surface area contributed by atoms with Gasteiger partial charge < -0.3 is 14.6 Å². The summed E-state index contributed by atoms with van der Waals surface area (Å²) in [6.07, 6.45) is 2.20. The Morgan fingerprint density at radius 3 is 2.52 bits per heavy atom. The van der Waals surface area contributed by atoms with Crippen LogP contribution in [0.5, 0.6) is 5.75 Å². The molecule has 0 atom stereocenters. The van der Waals surface area contributed by atoms with Crippen LogP contribution in [0.15, 0.2) is 59.6 Å². The summed E-state index contributed by atoms with van der Waals surface area (Å²) in [6, 6.07) is 16.4. The normalized spacial score (nSPS) is 11.6. The summed E-state index contributed by atoms with van der Waals surface area (Å²) in [6.45, 7) is 10.3. The highest BCUT2D eigenvalue weighted by Gasteiger charge is 2.13. The van der Waals surface area contributed by atoms with E-state index in [0.29, 0.717) is 6.54 Å². The van der Waals surface area contributed by atoms with Crippen molar-refractivity contribution in [3.8, 4) is 5.75 Å². The van der Waals surface area contributed by atoms with Crippen LogP contribution in [0.4, 0.5) is 0 Å². The van der Waals surface area contributed by atoms with Crippen molar-refractivity contribution in [3.05, 3.63) is 60.3 Å². The van der Waals surface area contributed by atoms with Gasteiger partial charge >= 0.3 is 0 Å². The fraction of sp³-hybridized carbons (Fsp3) is 0.375. The quantitative estimate of drug-likeness (QED) is 0.408. The van der Waals surface area contributed by atoms with E-state index in [4.69, 9.17) is 4.74 Å². The third-order valence-electron chi connectivity index (χ3n) is 4.86. The lowest BCUT2D eigenvalue weighted by Crippen LogP contribution is -2.30. The molecule has 0 unspecified atom stereocenters. The molecule has 0 saturated carbocycles. The lowest BCUT2D eigenvalue weighted by Gasteiger charge is -2.19.